The maximum absolute atomic E-state index is 13.7. The number of piperidine rings is 1. The topological polar surface area (TPSA) is 111 Å². The van der Waals surface area contributed by atoms with E-state index in [4.69, 9.17) is 5.73 Å². The fourth-order valence-corrected chi connectivity index (χ4v) is 4.30. The van der Waals surface area contributed by atoms with E-state index in [2.05, 4.69) is 25.7 Å². The Bertz CT molecular complexity index is 1170. The normalized spacial score (nSPS) is 15.7. The summed E-state index contributed by atoms with van der Waals surface area (Å²) in [5.74, 6) is -0.976. The van der Waals surface area contributed by atoms with Gasteiger partial charge >= 0.3 is 6.18 Å². The number of halogens is 3. The maximum Gasteiger partial charge on any atom is 0.419 e. The Morgan fingerprint density at radius 3 is 2.69 bits per heavy atom. The van der Waals surface area contributed by atoms with Gasteiger partial charge in [0.15, 0.2) is 0 Å². The molecule has 0 bridgehead atoms. The fourth-order valence-electron chi connectivity index (χ4n) is 4.30. The number of nitrogens with two attached hydrogens (primary N) is 1. The van der Waals surface area contributed by atoms with Gasteiger partial charge in [0.1, 0.15) is 0 Å². The molecule has 8 nitrogen and oxygen atoms in total. The minimum absolute atomic E-state index is 0.0167. The van der Waals surface area contributed by atoms with Crippen LogP contribution in [0.4, 0.5) is 24.8 Å². The summed E-state index contributed by atoms with van der Waals surface area (Å²) in [6.07, 6.45) is 1.84. The molecule has 0 aliphatic carbocycles. The number of hydrogen-bond donors (Lipinski definition) is 3. The molecule has 11 heteroatoms. The Labute approximate surface area is 201 Å². The van der Waals surface area contributed by atoms with Gasteiger partial charge in [0.05, 0.1) is 35.1 Å². The Morgan fingerprint density at radius 1 is 1.23 bits per heavy atom. The van der Waals surface area contributed by atoms with E-state index in [1.165, 1.54) is 0 Å². The molecule has 1 saturated heterocycles. The number of nitrogens with zero attached hydrogens (tertiary/aromatic N) is 4. The van der Waals surface area contributed by atoms with Gasteiger partial charge in [-0.25, -0.2) is 9.97 Å². The van der Waals surface area contributed by atoms with Crippen LogP contribution in [0.1, 0.15) is 54.1 Å². The zero-order chi connectivity index (χ0) is 25.0. The molecular formula is C24H28F3N7O. The third kappa shape index (κ3) is 5.97. The summed E-state index contributed by atoms with van der Waals surface area (Å²) in [6, 6.07) is 7.39. The van der Waals surface area contributed by atoms with Crippen molar-refractivity contribution in [1.82, 2.24) is 25.1 Å². The highest BCUT2D eigenvalue weighted by atomic mass is 19.4. The number of amides is 1. The van der Waals surface area contributed by atoms with E-state index < -0.39 is 23.6 Å². The van der Waals surface area contributed by atoms with Crippen molar-refractivity contribution in [2.24, 2.45) is 5.73 Å². The van der Waals surface area contributed by atoms with Crippen LogP contribution in [-0.2, 0) is 23.8 Å². The van der Waals surface area contributed by atoms with Crippen molar-refractivity contribution >= 4 is 17.5 Å². The van der Waals surface area contributed by atoms with Gasteiger partial charge in [-0.2, -0.15) is 18.3 Å². The van der Waals surface area contributed by atoms with Gasteiger partial charge < -0.3 is 16.4 Å². The number of nitrogens with one attached hydrogen (secondary N) is 2. The predicted octanol–water partition coefficient (Wildman–Crippen LogP) is 3.73. The molecule has 186 valence electrons. The van der Waals surface area contributed by atoms with Crippen LogP contribution in [0.3, 0.4) is 0 Å². The van der Waals surface area contributed by atoms with E-state index >= 15 is 0 Å². The van der Waals surface area contributed by atoms with Crippen LogP contribution in [0, 0.1) is 0 Å². The second-order valence-corrected chi connectivity index (χ2v) is 8.69. The van der Waals surface area contributed by atoms with Crippen LogP contribution in [-0.4, -0.2) is 38.7 Å². The number of alkyl halides is 3. The summed E-state index contributed by atoms with van der Waals surface area (Å²) in [6.45, 7) is 3.51. The highest BCUT2D eigenvalue weighted by molar-refractivity contribution is 5.81. The second-order valence-electron chi connectivity index (χ2n) is 8.69. The molecule has 1 aromatic carbocycles. The lowest BCUT2D eigenvalue weighted by molar-refractivity contribution is -0.138. The maximum atomic E-state index is 13.7. The molecule has 3 heterocycles. The number of hydrogen-bond acceptors (Lipinski definition) is 6. The average Bonchev–Trinajstić information content (AvgIpc) is 3.31. The monoisotopic (exact) mass is 487 g/mol. The molecule has 4 rings (SSSR count). The van der Waals surface area contributed by atoms with Crippen LogP contribution in [0.5, 0.6) is 0 Å². The van der Waals surface area contributed by atoms with Crippen molar-refractivity contribution in [2.75, 3.05) is 18.4 Å². The lowest BCUT2D eigenvalue weighted by Crippen LogP contribution is -2.29. The van der Waals surface area contributed by atoms with E-state index in [1.807, 2.05) is 10.9 Å². The number of rotatable bonds is 8. The largest absolute Gasteiger partial charge is 0.419 e. The molecule has 1 aliphatic rings. The molecule has 4 N–H and O–H groups in total. The van der Waals surface area contributed by atoms with E-state index in [0.29, 0.717) is 11.3 Å². The lowest BCUT2D eigenvalue weighted by atomic mass is 9.92. The molecule has 0 spiro atoms. The van der Waals surface area contributed by atoms with E-state index in [-0.39, 0.29) is 30.5 Å². The number of carbonyl (C=O) groups is 1. The summed E-state index contributed by atoms with van der Waals surface area (Å²) in [4.78, 5) is 19.8. The van der Waals surface area contributed by atoms with Crippen molar-refractivity contribution in [3.05, 3.63) is 65.2 Å². The van der Waals surface area contributed by atoms with Crippen LogP contribution in [0.15, 0.2) is 42.9 Å². The number of benzene rings is 1. The number of anilines is 2. The molecule has 35 heavy (non-hydrogen) atoms. The number of aromatic nitrogens is 4. The second kappa shape index (κ2) is 10.4. The molecule has 2 aromatic heterocycles. The average molecular weight is 488 g/mol. The molecule has 1 aliphatic heterocycles. The first-order valence-corrected chi connectivity index (χ1v) is 11.5. The summed E-state index contributed by atoms with van der Waals surface area (Å²) in [7, 11) is 0. The summed E-state index contributed by atoms with van der Waals surface area (Å²) in [5.41, 5.74) is 6.50. The highest BCUT2D eigenvalue weighted by Gasteiger charge is 2.35. The Kier molecular flexibility index (Phi) is 7.34. The molecule has 0 radical (unpaired) electrons. The van der Waals surface area contributed by atoms with Crippen molar-refractivity contribution in [2.45, 2.75) is 50.7 Å². The first-order valence-electron chi connectivity index (χ1n) is 11.5. The van der Waals surface area contributed by atoms with Crippen LogP contribution < -0.4 is 16.4 Å². The lowest BCUT2D eigenvalue weighted by Gasteiger charge is -2.22. The summed E-state index contributed by atoms with van der Waals surface area (Å²) < 4.78 is 42.9. The predicted molar refractivity (Wildman–Crippen MR) is 125 cm³/mol. The van der Waals surface area contributed by atoms with Crippen molar-refractivity contribution in [1.29, 1.82) is 0 Å². The van der Waals surface area contributed by atoms with E-state index in [1.54, 1.807) is 37.4 Å². The van der Waals surface area contributed by atoms with Gasteiger partial charge in [0, 0.05) is 12.4 Å². The Morgan fingerprint density at radius 2 is 1.97 bits per heavy atom. The van der Waals surface area contributed by atoms with Crippen LogP contribution >= 0.6 is 0 Å². The van der Waals surface area contributed by atoms with Crippen LogP contribution in [0.2, 0.25) is 0 Å². The smallest absolute Gasteiger partial charge is 0.369 e. The SMILES string of the molecule is C[C@H](C(N)=O)c1ccccc1CCc1nc(Nc2cnn(C3CCNCC3)c2)ncc1C(F)(F)F. The van der Waals surface area contributed by atoms with E-state index in [0.717, 1.165) is 37.7 Å². The Balaban J connectivity index is 1.54. The van der Waals surface area contributed by atoms with Crippen molar-refractivity contribution < 1.29 is 18.0 Å². The zero-order valence-corrected chi connectivity index (χ0v) is 19.3. The summed E-state index contributed by atoms with van der Waals surface area (Å²) in [5, 5.41) is 10.7. The minimum atomic E-state index is -4.59. The quantitative estimate of drug-likeness (QED) is 0.447. The standard InChI is InChI=1S/C24H28F3N7O/c1-15(22(28)35)19-5-3-2-4-16(19)6-7-21-20(24(25,26)27)13-30-23(33-21)32-17-12-31-34(14-17)18-8-10-29-11-9-18/h2-5,12-15,18,29H,6-11H2,1H3,(H2,28,35)(H,30,32,33)/t15-/m0/s1. The zero-order valence-electron chi connectivity index (χ0n) is 19.3. The first-order chi connectivity index (χ1) is 16.7. The molecule has 1 fully saturated rings. The van der Waals surface area contributed by atoms with Crippen LogP contribution in [0.25, 0.3) is 0 Å². The van der Waals surface area contributed by atoms with Gasteiger partial charge in [-0.3, -0.25) is 9.48 Å². The number of primary amides is 1. The molecule has 1 atom stereocenters. The minimum Gasteiger partial charge on any atom is -0.369 e. The van der Waals surface area contributed by atoms with Gasteiger partial charge in [0.2, 0.25) is 11.9 Å². The highest BCUT2D eigenvalue weighted by Crippen LogP contribution is 2.32. The van der Waals surface area contributed by atoms with Gasteiger partial charge in [-0.05, 0) is 56.8 Å². The third-order valence-corrected chi connectivity index (χ3v) is 6.29. The van der Waals surface area contributed by atoms with Gasteiger partial charge in [-0.15, -0.1) is 0 Å². The number of aryl methyl sites for hydroxylation is 2. The van der Waals surface area contributed by atoms with Crippen molar-refractivity contribution in [3.63, 3.8) is 0 Å². The van der Waals surface area contributed by atoms with Gasteiger partial charge in [-0.1, -0.05) is 24.3 Å². The fraction of sp³-hybridized carbons (Fsp3) is 0.417. The Hall–Kier alpha value is -3.47. The molecular weight excluding hydrogens is 459 g/mol. The number of carbonyl (C=O) groups excluding carboxylic acids is 1. The third-order valence-electron chi connectivity index (χ3n) is 6.29. The molecule has 1 amide bonds. The summed E-state index contributed by atoms with van der Waals surface area (Å²) >= 11 is 0. The van der Waals surface area contributed by atoms with Crippen molar-refractivity contribution in [3.8, 4) is 0 Å². The van der Waals surface area contributed by atoms with Gasteiger partial charge in [0.25, 0.3) is 0 Å². The first kappa shape index (κ1) is 24.6. The molecule has 0 unspecified atom stereocenters. The molecule has 3 aromatic rings. The molecule has 0 saturated carbocycles. The van der Waals surface area contributed by atoms with E-state index in [9.17, 15) is 18.0 Å².